The molecule has 1 aromatic rings. The Hall–Kier alpha value is -1.86. The van der Waals surface area contributed by atoms with E-state index in [9.17, 15) is 14.9 Å². The molecule has 0 aliphatic heterocycles. The number of aliphatic hydroxyl groups is 1. The lowest BCUT2D eigenvalue weighted by Gasteiger charge is -2.20. The first-order valence-electron chi connectivity index (χ1n) is 6.52. The molecule has 0 atom stereocenters. The van der Waals surface area contributed by atoms with Crippen LogP contribution in [0.15, 0.2) is 12.1 Å². The fourth-order valence-electron chi connectivity index (χ4n) is 1.95. The van der Waals surface area contributed by atoms with E-state index < -0.39 is 4.92 Å². The van der Waals surface area contributed by atoms with Crippen LogP contribution in [0.2, 0.25) is 5.02 Å². The minimum absolute atomic E-state index is 0.0244. The predicted molar refractivity (Wildman–Crippen MR) is 80.9 cm³/mol. The standard InChI is InChI=1S/C13H18ClN3O4/c1-3-16(5-4-6-18)13(19)9-7-10(14)12(15-2)11(8-9)17(20)21/h7-8,15,18H,3-6H2,1-2H3. The van der Waals surface area contributed by atoms with Crippen LogP contribution in [-0.2, 0) is 0 Å². The monoisotopic (exact) mass is 315 g/mol. The van der Waals surface area contributed by atoms with E-state index in [1.54, 1.807) is 6.92 Å². The van der Waals surface area contributed by atoms with Crippen LogP contribution in [-0.4, -0.2) is 47.6 Å². The van der Waals surface area contributed by atoms with Crippen molar-refractivity contribution >= 4 is 28.9 Å². The first-order valence-corrected chi connectivity index (χ1v) is 6.89. The lowest BCUT2D eigenvalue weighted by molar-refractivity contribution is -0.384. The third-order valence-electron chi connectivity index (χ3n) is 3.02. The van der Waals surface area contributed by atoms with Crippen molar-refractivity contribution in [1.82, 2.24) is 4.90 Å². The zero-order valence-corrected chi connectivity index (χ0v) is 12.7. The molecule has 0 aromatic heterocycles. The Kier molecular flexibility index (Phi) is 6.39. The van der Waals surface area contributed by atoms with Crippen LogP contribution in [0.4, 0.5) is 11.4 Å². The number of benzene rings is 1. The number of nitrogens with zero attached hydrogens (tertiary/aromatic N) is 2. The Labute approximate surface area is 127 Å². The van der Waals surface area contributed by atoms with E-state index in [-0.39, 0.29) is 34.5 Å². The van der Waals surface area contributed by atoms with Crippen molar-refractivity contribution in [3.63, 3.8) is 0 Å². The maximum absolute atomic E-state index is 12.4. The fraction of sp³-hybridized carbons (Fsp3) is 0.462. The molecule has 0 unspecified atom stereocenters. The summed E-state index contributed by atoms with van der Waals surface area (Å²) in [6.07, 6.45) is 0.448. The van der Waals surface area contributed by atoms with E-state index in [0.717, 1.165) is 0 Å². The number of anilines is 1. The highest BCUT2D eigenvalue weighted by Crippen LogP contribution is 2.33. The molecule has 0 radical (unpaired) electrons. The van der Waals surface area contributed by atoms with Gasteiger partial charge < -0.3 is 15.3 Å². The summed E-state index contributed by atoms with van der Waals surface area (Å²) in [6.45, 7) is 2.60. The van der Waals surface area contributed by atoms with Crippen LogP contribution in [0.25, 0.3) is 0 Å². The summed E-state index contributed by atoms with van der Waals surface area (Å²) in [6, 6.07) is 2.62. The Morgan fingerprint density at radius 3 is 2.67 bits per heavy atom. The fourth-order valence-corrected chi connectivity index (χ4v) is 2.26. The van der Waals surface area contributed by atoms with Gasteiger partial charge in [-0.1, -0.05) is 11.6 Å². The van der Waals surface area contributed by atoms with Gasteiger partial charge in [0.2, 0.25) is 0 Å². The first-order chi connectivity index (χ1) is 9.96. The van der Waals surface area contributed by atoms with Gasteiger partial charge in [0, 0.05) is 38.4 Å². The van der Waals surface area contributed by atoms with Gasteiger partial charge in [0.15, 0.2) is 0 Å². The quantitative estimate of drug-likeness (QED) is 0.593. The Morgan fingerprint density at radius 1 is 1.52 bits per heavy atom. The van der Waals surface area contributed by atoms with Crippen molar-refractivity contribution in [2.24, 2.45) is 0 Å². The summed E-state index contributed by atoms with van der Waals surface area (Å²) in [5.74, 6) is -0.349. The number of aliphatic hydroxyl groups excluding tert-OH is 1. The van der Waals surface area contributed by atoms with Crippen LogP contribution in [0.3, 0.4) is 0 Å². The number of halogens is 1. The average molecular weight is 316 g/mol. The summed E-state index contributed by atoms with van der Waals surface area (Å²) in [5, 5.41) is 22.7. The lowest BCUT2D eigenvalue weighted by Crippen LogP contribution is -2.32. The van der Waals surface area contributed by atoms with Gasteiger partial charge in [-0.3, -0.25) is 14.9 Å². The summed E-state index contributed by atoms with van der Waals surface area (Å²) < 4.78 is 0. The average Bonchev–Trinajstić information content (AvgIpc) is 2.46. The van der Waals surface area contributed by atoms with Crippen molar-refractivity contribution in [1.29, 1.82) is 0 Å². The molecule has 116 valence electrons. The van der Waals surface area contributed by atoms with Gasteiger partial charge in [0.1, 0.15) is 5.69 Å². The third kappa shape index (κ3) is 4.05. The zero-order valence-electron chi connectivity index (χ0n) is 11.9. The van der Waals surface area contributed by atoms with Gasteiger partial charge in [-0.2, -0.15) is 0 Å². The molecule has 0 heterocycles. The highest BCUT2D eigenvalue weighted by atomic mass is 35.5. The minimum atomic E-state index is -0.585. The first kappa shape index (κ1) is 17.2. The number of nitro groups is 1. The summed E-state index contributed by atoms with van der Waals surface area (Å²) >= 11 is 6.00. The topological polar surface area (TPSA) is 95.7 Å². The summed E-state index contributed by atoms with van der Waals surface area (Å²) in [4.78, 5) is 24.3. The Morgan fingerprint density at radius 2 is 2.19 bits per heavy atom. The van der Waals surface area contributed by atoms with Gasteiger partial charge >= 0.3 is 0 Å². The molecule has 1 aromatic carbocycles. The highest BCUT2D eigenvalue weighted by molar-refractivity contribution is 6.34. The van der Waals surface area contributed by atoms with E-state index in [1.165, 1.54) is 24.1 Å². The number of nitrogens with one attached hydrogen (secondary N) is 1. The van der Waals surface area contributed by atoms with Crippen LogP contribution in [0.1, 0.15) is 23.7 Å². The molecule has 0 aliphatic carbocycles. The second-order valence-corrected chi connectivity index (χ2v) is 4.73. The van der Waals surface area contributed by atoms with Crippen molar-refractivity contribution < 1.29 is 14.8 Å². The van der Waals surface area contributed by atoms with Gasteiger partial charge in [0.25, 0.3) is 11.6 Å². The molecule has 0 fully saturated rings. The number of nitro benzene ring substituents is 1. The van der Waals surface area contributed by atoms with Crippen LogP contribution >= 0.6 is 11.6 Å². The Balaban J connectivity index is 3.18. The second-order valence-electron chi connectivity index (χ2n) is 4.32. The molecule has 2 N–H and O–H groups in total. The van der Waals surface area contributed by atoms with Crippen LogP contribution < -0.4 is 5.32 Å². The van der Waals surface area contributed by atoms with E-state index in [0.29, 0.717) is 19.5 Å². The van der Waals surface area contributed by atoms with Crippen molar-refractivity contribution in [2.75, 3.05) is 32.1 Å². The van der Waals surface area contributed by atoms with Crippen molar-refractivity contribution in [2.45, 2.75) is 13.3 Å². The van der Waals surface area contributed by atoms with E-state index in [2.05, 4.69) is 5.32 Å². The summed E-state index contributed by atoms with van der Waals surface area (Å²) in [5.41, 5.74) is 0.0914. The molecule has 0 bridgehead atoms. The van der Waals surface area contributed by atoms with Crippen LogP contribution in [0, 0.1) is 10.1 Å². The molecule has 8 heteroatoms. The number of hydrogen-bond donors (Lipinski definition) is 2. The Bertz CT molecular complexity index is 536. The highest BCUT2D eigenvalue weighted by Gasteiger charge is 2.22. The number of carbonyl (C=O) groups is 1. The normalized spacial score (nSPS) is 10.3. The predicted octanol–water partition coefficient (Wildman–Crippen LogP) is 2.13. The van der Waals surface area contributed by atoms with E-state index >= 15 is 0 Å². The molecule has 21 heavy (non-hydrogen) atoms. The zero-order chi connectivity index (χ0) is 16.0. The number of carbonyl (C=O) groups excluding carboxylic acids is 1. The SMILES string of the molecule is CCN(CCCO)C(=O)c1cc(Cl)c(NC)c([N+](=O)[O-])c1. The number of amides is 1. The molecule has 0 aliphatic rings. The van der Waals surface area contributed by atoms with E-state index in [1.807, 2.05) is 0 Å². The molecule has 0 spiro atoms. The van der Waals surface area contributed by atoms with Crippen molar-refractivity contribution in [3.05, 3.63) is 32.8 Å². The minimum Gasteiger partial charge on any atom is -0.396 e. The van der Waals surface area contributed by atoms with Gasteiger partial charge in [-0.15, -0.1) is 0 Å². The maximum Gasteiger partial charge on any atom is 0.294 e. The van der Waals surface area contributed by atoms with Crippen LogP contribution in [0.5, 0.6) is 0 Å². The number of hydrogen-bond acceptors (Lipinski definition) is 5. The molecule has 0 saturated heterocycles. The second kappa shape index (κ2) is 7.80. The lowest BCUT2D eigenvalue weighted by atomic mass is 10.1. The third-order valence-corrected chi connectivity index (χ3v) is 3.32. The number of rotatable bonds is 7. The molecule has 0 saturated carbocycles. The molecule has 1 rings (SSSR count). The van der Waals surface area contributed by atoms with Crippen molar-refractivity contribution in [3.8, 4) is 0 Å². The molecular weight excluding hydrogens is 298 g/mol. The van der Waals surface area contributed by atoms with Gasteiger partial charge in [-0.05, 0) is 19.4 Å². The molecule has 1 amide bonds. The molecular formula is C13H18ClN3O4. The maximum atomic E-state index is 12.4. The largest absolute Gasteiger partial charge is 0.396 e. The summed E-state index contributed by atoms with van der Waals surface area (Å²) in [7, 11) is 1.52. The van der Waals surface area contributed by atoms with E-state index in [4.69, 9.17) is 16.7 Å². The molecule has 7 nitrogen and oxygen atoms in total. The van der Waals surface area contributed by atoms with Gasteiger partial charge in [0.05, 0.1) is 9.95 Å². The smallest absolute Gasteiger partial charge is 0.294 e. The van der Waals surface area contributed by atoms with Gasteiger partial charge in [-0.25, -0.2) is 0 Å².